The molecule has 1 saturated heterocycles. The third-order valence-corrected chi connectivity index (χ3v) is 6.87. The van der Waals surface area contributed by atoms with Gasteiger partial charge >= 0.3 is 0 Å². The molecule has 2 aromatic carbocycles. The van der Waals surface area contributed by atoms with E-state index in [9.17, 15) is 9.59 Å². The SMILES string of the molecule is C[C@H](NC(=O)c1cc(NC(=O)CCC2CCCC2)ccc1N1CCCC1)c1ccccc1. The van der Waals surface area contributed by atoms with Crippen molar-refractivity contribution in [2.75, 3.05) is 23.3 Å². The average Bonchev–Trinajstić information content (AvgIpc) is 3.53. The van der Waals surface area contributed by atoms with Crippen LogP contribution in [-0.2, 0) is 4.79 Å². The van der Waals surface area contributed by atoms with E-state index in [1.54, 1.807) is 0 Å². The number of amides is 2. The molecule has 1 aliphatic heterocycles. The van der Waals surface area contributed by atoms with Gasteiger partial charge in [-0.15, -0.1) is 0 Å². The Kier molecular flexibility index (Phi) is 7.46. The highest BCUT2D eigenvalue weighted by molar-refractivity contribution is 6.02. The lowest BCUT2D eigenvalue weighted by molar-refractivity contribution is -0.116. The molecule has 1 saturated carbocycles. The summed E-state index contributed by atoms with van der Waals surface area (Å²) >= 11 is 0. The quantitative estimate of drug-likeness (QED) is 0.562. The predicted octanol–water partition coefficient (Wildman–Crippen LogP) is 5.69. The first-order chi connectivity index (χ1) is 15.6. The zero-order valence-corrected chi connectivity index (χ0v) is 19.1. The smallest absolute Gasteiger partial charge is 0.253 e. The van der Waals surface area contributed by atoms with E-state index < -0.39 is 0 Å². The van der Waals surface area contributed by atoms with Crippen LogP contribution in [0.3, 0.4) is 0 Å². The van der Waals surface area contributed by atoms with Gasteiger partial charge in [0.15, 0.2) is 0 Å². The summed E-state index contributed by atoms with van der Waals surface area (Å²) in [7, 11) is 0. The molecule has 5 nitrogen and oxygen atoms in total. The third-order valence-electron chi connectivity index (χ3n) is 6.87. The molecule has 2 aliphatic rings. The number of carbonyl (C=O) groups is 2. The van der Waals surface area contributed by atoms with Crippen molar-refractivity contribution >= 4 is 23.2 Å². The van der Waals surface area contributed by atoms with Gasteiger partial charge < -0.3 is 15.5 Å². The summed E-state index contributed by atoms with van der Waals surface area (Å²) in [5, 5.41) is 6.17. The Bertz CT molecular complexity index is 916. The number of hydrogen-bond acceptors (Lipinski definition) is 3. The molecule has 0 radical (unpaired) electrons. The van der Waals surface area contributed by atoms with Crippen molar-refractivity contribution in [3.05, 3.63) is 59.7 Å². The third kappa shape index (κ3) is 5.70. The van der Waals surface area contributed by atoms with Crippen molar-refractivity contribution in [3.8, 4) is 0 Å². The molecule has 0 unspecified atom stereocenters. The van der Waals surface area contributed by atoms with Gasteiger partial charge in [0.25, 0.3) is 5.91 Å². The second-order valence-electron chi connectivity index (χ2n) is 9.27. The van der Waals surface area contributed by atoms with E-state index in [1.165, 1.54) is 25.7 Å². The highest BCUT2D eigenvalue weighted by atomic mass is 16.2. The zero-order valence-electron chi connectivity index (χ0n) is 19.1. The number of hydrogen-bond donors (Lipinski definition) is 2. The van der Waals surface area contributed by atoms with Gasteiger partial charge in [0.05, 0.1) is 11.6 Å². The summed E-state index contributed by atoms with van der Waals surface area (Å²) in [4.78, 5) is 28.1. The second-order valence-corrected chi connectivity index (χ2v) is 9.27. The molecule has 5 heteroatoms. The van der Waals surface area contributed by atoms with E-state index in [0.29, 0.717) is 23.6 Å². The maximum absolute atomic E-state index is 13.3. The largest absolute Gasteiger partial charge is 0.371 e. The normalized spacial score (nSPS) is 17.3. The summed E-state index contributed by atoms with van der Waals surface area (Å²) in [6.45, 7) is 3.92. The molecule has 0 bridgehead atoms. The topological polar surface area (TPSA) is 61.4 Å². The number of benzene rings is 2. The summed E-state index contributed by atoms with van der Waals surface area (Å²) < 4.78 is 0. The fourth-order valence-corrected chi connectivity index (χ4v) is 4.99. The number of anilines is 2. The van der Waals surface area contributed by atoms with Gasteiger partial charge in [0.2, 0.25) is 5.91 Å². The summed E-state index contributed by atoms with van der Waals surface area (Å²) in [6.07, 6.45) is 8.88. The van der Waals surface area contributed by atoms with E-state index in [-0.39, 0.29) is 17.9 Å². The van der Waals surface area contributed by atoms with Crippen molar-refractivity contribution in [1.82, 2.24) is 5.32 Å². The van der Waals surface area contributed by atoms with Crippen LogP contribution in [0.5, 0.6) is 0 Å². The van der Waals surface area contributed by atoms with Gasteiger partial charge in [-0.05, 0) is 55.9 Å². The van der Waals surface area contributed by atoms with Gasteiger partial charge in [-0.2, -0.15) is 0 Å². The Hall–Kier alpha value is -2.82. The van der Waals surface area contributed by atoms with E-state index in [1.807, 2.05) is 55.5 Å². The number of rotatable bonds is 8. The standard InChI is InChI=1S/C27H35N3O2/c1-20(22-11-3-2-4-12-22)28-27(32)24-19-23(14-15-25(24)30-17-7-8-18-30)29-26(31)16-13-21-9-5-6-10-21/h2-4,11-12,14-15,19-21H,5-10,13,16-18H2,1H3,(H,28,32)(H,29,31)/t20-/m0/s1. The van der Waals surface area contributed by atoms with E-state index >= 15 is 0 Å². The molecule has 1 heterocycles. The Morgan fingerprint density at radius 1 is 1.00 bits per heavy atom. The lowest BCUT2D eigenvalue weighted by Gasteiger charge is -2.23. The molecule has 2 N–H and O–H groups in total. The minimum Gasteiger partial charge on any atom is -0.371 e. The summed E-state index contributed by atoms with van der Waals surface area (Å²) in [5.41, 5.74) is 3.34. The molecule has 170 valence electrons. The first-order valence-electron chi connectivity index (χ1n) is 12.1. The minimum atomic E-state index is -0.106. The first kappa shape index (κ1) is 22.4. The highest BCUT2D eigenvalue weighted by Crippen LogP contribution is 2.30. The van der Waals surface area contributed by atoms with E-state index in [2.05, 4.69) is 15.5 Å². The van der Waals surface area contributed by atoms with Crippen LogP contribution in [0.15, 0.2) is 48.5 Å². The first-order valence-corrected chi connectivity index (χ1v) is 12.1. The van der Waals surface area contributed by atoms with E-state index in [4.69, 9.17) is 0 Å². The lowest BCUT2D eigenvalue weighted by Crippen LogP contribution is -2.29. The molecule has 32 heavy (non-hydrogen) atoms. The van der Waals surface area contributed by atoms with Crippen molar-refractivity contribution < 1.29 is 9.59 Å². The van der Waals surface area contributed by atoms with Crippen LogP contribution < -0.4 is 15.5 Å². The number of nitrogens with one attached hydrogen (secondary N) is 2. The number of carbonyl (C=O) groups excluding carboxylic acids is 2. The van der Waals surface area contributed by atoms with Crippen LogP contribution in [0.4, 0.5) is 11.4 Å². The van der Waals surface area contributed by atoms with Crippen LogP contribution in [0.25, 0.3) is 0 Å². The zero-order chi connectivity index (χ0) is 22.3. The second kappa shape index (κ2) is 10.7. The molecule has 0 aromatic heterocycles. The minimum absolute atomic E-state index is 0.0369. The molecular formula is C27H35N3O2. The predicted molar refractivity (Wildman–Crippen MR) is 130 cm³/mol. The Labute approximate surface area is 191 Å². The molecule has 2 fully saturated rings. The molecule has 2 amide bonds. The average molecular weight is 434 g/mol. The number of nitrogens with zero attached hydrogens (tertiary/aromatic N) is 1. The van der Waals surface area contributed by atoms with Gasteiger partial charge in [0.1, 0.15) is 0 Å². The Balaban J connectivity index is 1.47. The molecule has 4 rings (SSSR count). The maximum Gasteiger partial charge on any atom is 0.253 e. The molecule has 2 aromatic rings. The van der Waals surface area contributed by atoms with Crippen molar-refractivity contribution in [2.24, 2.45) is 5.92 Å². The van der Waals surface area contributed by atoms with Crippen LogP contribution in [0.1, 0.15) is 80.3 Å². The highest BCUT2D eigenvalue weighted by Gasteiger charge is 2.22. The van der Waals surface area contributed by atoms with Crippen LogP contribution in [-0.4, -0.2) is 24.9 Å². The molecular weight excluding hydrogens is 398 g/mol. The molecule has 1 aliphatic carbocycles. The van der Waals surface area contributed by atoms with Gasteiger partial charge in [-0.25, -0.2) is 0 Å². The van der Waals surface area contributed by atoms with Gasteiger partial charge in [-0.1, -0.05) is 56.0 Å². The summed E-state index contributed by atoms with van der Waals surface area (Å²) in [6, 6.07) is 15.6. The Morgan fingerprint density at radius 3 is 2.44 bits per heavy atom. The van der Waals surface area contributed by atoms with Gasteiger partial charge in [0, 0.05) is 30.9 Å². The fourth-order valence-electron chi connectivity index (χ4n) is 4.99. The van der Waals surface area contributed by atoms with Crippen LogP contribution in [0.2, 0.25) is 0 Å². The monoisotopic (exact) mass is 433 g/mol. The maximum atomic E-state index is 13.3. The molecule has 0 spiro atoms. The van der Waals surface area contributed by atoms with Crippen molar-refractivity contribution in [1.29, 1.82) is 0 Å². The van der Waals surface area contributed by atoms with Crippen molar-refractivity contribution in [3.63, 3.8) is 0 Å². The van der Waals surface area contributed by atoms with E-state index in [0.717, 1.165) is 43.6 Å². The van der Waals surface area contributed by atoms with Crippen LogP contribution in [0, 0.1) is 5.92 Å². The van der Waals surface area contributed by atoms with Crippen molar-refractivity contribution in [2.45, 2.75) is 64.3 Å². The molecule has 1 atom stereocenters. The summed E-state index contributed by atoms with van der Waals surface area (Å²) in [5.74, 6) is 0.624. The lowest BCUT2D eigenvalue weighted by atomic mass is 10.0. The Morgan fingerprint density at radius 2 is 1.72 bits per heavy atom. The fraction of sp³-hybridized carbons (Fsp3) is 0.481. The van der Waals surface area contributed by atoms with Crippen LogP contribution >= 0.6 is 0 Å². The van der Waals surface area contributed by atoms with Gasteiger partial charge in [-0.3, -0.25) is 9.59 Å².